The summed E-state index contributed by atoms with van der Waals surface area (Å²) in [6.45, 7) is 2.57. The first-order valence-electron chi connectivity index (χ1n) is 6.51. The van der Waals surface area contributed by atoms with Crippen LogP contribution in [0.4, 0.5) is 0 Å². The average molecular weight is 241 g/mol. The molecule has 0 bridgehead atoms. The van der Waals surface area contributed by atoms with Crippen molar-refractivity contribution in [1.82, 2.24) is 10.2 Å². The topological polar surface area (TPSA) is 67.6 Å². The van der Waals surface area contributed by atoms with E-state index in [1.54, 1.807) is 7.11 Å². The summed E-state index contributed by atoms with van der Waals surface area (Å²) in [6.07, 6.45) is 4.82. The van der Waals surface area contributed by atoms with Crippen LogP contribution in [0.25, 0.3) is 0 Å². The van der Waals surface area contributed by atoms with Crippen molar-refractivity contribution >= 4 is 5.91 Å². The largest absolute Gasteiger partial charge is 0.383 e. The number of carbonyl (C=O) groups is 1. The van der Waals surface area contributed by atoms with Crippen molar-refractivity contribution in [2.75, 3.05) is 26.8 Å². The van der Waals surface area contributed by atoms with E-state index in [4.69, 9.17) is 10.5 Å². The Morgan fingerprint density at radius 1 is 1.47 bits per heavy atom. The van der Waals surface area contributed by atoms with Crippen molar-refractivity contribution in [3.63, 3.8) is 0 Å². The summed E-state index contributed by atoms with van der Waals surface area (Å²) in [6, 6.07) is 0.269. The summed E-state index contributed by atoms with van der Waals surface area (Å²) in [5, 5.41) is 3.08. The number of fused-ring (bicyclic) bond motifs is 1. The van der Waals surface area contributed by atoms with Crippen LogP contribution in [0.1, 0.15) is 25.7 Å². The number of amides is 1. The van der Waals surface area contributed by atoms with E-state index < -0.39 is 6.04 Å². The van der Waals surface area contributed by atoms with Crippen molar-refractivity contribution in [3.8, 4) is 0 Å². The molecule has 2 saturated heterocycles. The first kappa shape index (κ1) is 12.8. The van der Waals surface area contributed by atoms with Crippen LogP contribution in [0.2, 0.25) is 0 Å². The number of carbonyl (C=O) groups excluding carboxylic acids is 1. The molecular formula is C12H23N3O2. The Balaban J connectivity index is 1.84. The third-order valence-corrected chi connectivity index (χ3v) is 3.87. The molecule has 0 aromatic heterocycles. The van der Waals surface area contributed by atoms with Gasteiger partial charge in [0.25, 0.3) is 0 Å². The lowest BCUT2D eigenvalue weighted by Crippen LogP contribution is -2.52. The fourth-order valence-corrected chi connectivity index (χ4v) is 2.96. The summed E-state index contributed by atoms with van der Waals surface area (Å²) < 4.78 is 4.90. The molecule has 0 spiro atoms. The molecule has 2 aliphatic rings. The Morgan fingerprint density at radius 2 is 2.29 bits per heavy atom. The molecule has 0 saturated carbocycles. The van der Waals surface area contributed by atoms with Crippen LogP contribution < -0.4 is 11.1 Å². The van der Waals surface area contributed by atoms with Crippen LogP contribution in [0, 0.1) is 0 Å². The molecule has 2 heterocycles. The van der Waals surface area contributed by atoms with Crippen molar-refractivity contribution in [1.29, 1.82) is 0 Å². The highest BCUT2D eigenvalue weighted by atomic mass is 16.5. The second-order valence-electron chi connectivity index (χ2n) is 5.06. The molecule has 2 aliphatic heterocycles. The van der Waals surface area contributed by atoms with E-state index in [1.165, 1.54) is 25.8 Å². The molecule has 0 aromatic rings. The fraction of sp³-hybridized carbons (Fsp3) is 0.917. The summed E-state index contributed by atoms with van der Waals surface area (Å²) >= 11 is 0. The van der Waals surface area contributed by atoms with Gasteiger partial charge in [0.05, 0.1) is 6.61 Å². The molecule has 1 amide bonds. The predicted octanol–water partition coefficient (Wildman–Crippen LogP) is -0.297. The highest BCUT2D eigenvalue weighted by Crippen LogP contribution is 2.27. The number of piperidine rings is 1. The lowest BCUT2D eigenvalue weighted by atomic mass is 9.99. The van der Waals surface area contributed by atoms with Crippen molar-refractivity contribution in [2.24, 2.45) is 5.73 Å². The average Bonchev–Trinajstić information content (AvgIpc) is 2.73. The molecule has 3 unspecified atom stereocenters. The monoisotopic (exact) mass is 241 g/mol. The van der Waals surface area contributed by atoms with Gasteiger partial charge in [-0.15, -0.1) is 0 Å². The second kappa shape index (κ2) is 5.80. The van der Waals surface area contributed by atoms with Crippen LogP contribution in [-0.2, 0) is 9.53 Å². The fourth-order valence-electron chi connectivity index (χ4n) is 2.96. The molecule has 2 rings (SSSR count). The predicted molar refractivity (Wildman–Crippen MR) is 65.6 cm³/mol. The van der Waals surface area contributed by atoms with E-state index in [1.807, 2.05) is 0 Å². The van der Waals surface area contributed by atoms with Crippen LogP contribution in [0.5, 0.6) is 0 Å². The summed E-state index contributed by atoms with van der Waals surface area (Å²) in [4.78, 5) is 14.3. The van der Waals surface area contributed by atoms with Gasteiger partial charge in [-0.25, -0.2) is 0 Å². The van der Waals surface area contributed by atoms with Crippen molar-refractivity contribution in [2.45, 2.75) is 43.8 Å². The van der Waals surface area contributed by atoms with Gasteiger partial charge < -0.3 is 15.8 Å². The maximum atomic E-state index is 11.8. The second-order valence-corrected chi connectivity index (χ2v) is 5.06. The quantitative estimate of drug-likeness (QED) is 0.709. The number of hydrogen-bond acceptors (Lipinski definition) is 4. The van der Waals surface area contributed by atoms with Crippen LogP contribution in [0.15, 0.2) is 0 Å². The molecule has 3 atom stereocenters. The molecule has 98 valence electrons. The molecule has 17 heavy (non-hydrogen) atoms. The number of nitrogens with one attached hydrogen (secondary N) is 1. The van der Waals surface area contributed by atoms with Crippen LogP contribution >= 0.6 is 0 Å². The Bertz CT molecular complexity index is 272. The lowest BCUT2D eigenvalue weighted by molar-refractivity contribution is -0.124. The number of ether oxygens (including phenoxy) is 1. The van der Waals surface area contributed by atoms with E-state index >= 15 is 0 Å². The molecular weight excluding hydrogens is 218 g/mol. The van der Waals surface area contributed by atoms with Crippen LogP contribution in [-0.4, -0.2) is 55.7 Å². The molecule has 3 N–H and O–H groups in total. The number of hydrogen-bond donors (Lipinski definition) is 2. The zero-order valence-corrected chi connectivity index (χ0v) is 10.5. The Kier molecular flexibility index (Phi) is 4.36. The van der Waals surface area contributed by atoms with Crippen LogP contribution in [0.3, 0.4) is 0 Å². The summed E-state index contributed by atoms with van der Waals surface area (Å²) in [5.41, 5.74) is 5.72. The zero-order chi connectivity index (χ0) is 12.3. The van der Waals surface area contributed by atoms with Gasteiger partial charge in [-0.1, -0.05) is 6.42 Å². The molecule has 5 nitrogen and oxygen atoms in total. The maximum absolute atomic E-state index is 11.8. The minimum Gasteiger partial charge on any atom is -0.383 e. The van der Waals surface area contributed by atoms with E-state index in [9.17, 15) is 4.79 Å². The summed E-state index contributed by atoms with van der Waals surface area (Å²) in [5.74, 6) is -0.0794. The van der Waals surface area contributed by atoms with E-state index in [0.717, 1.165) is 13.0 Å². The highest BCUT2D eigenvalue weighted by Gasteiger charge is 2.36. The summed E-state index contributed by atoms with van der Waals surface area (Å²) in [7, 11) is 1.56. The Morgan fingerprint density at radius 3 is 3.06 bits per heavy atom. The van der Waals surface area contributed by atoms with Gasteiger partial charge in [0, 0.05) is 25.7 Å². The van der Waals surface area contributed by atoms with E-state index in [2.05, 4.69) is 10.2 Å². The first-order valence-corrected chi connectivity index (χ1v) is 6.51. The number of rotatable bonds is 4. The van der Waals surface area contributed by atoms with Gasteiger partial charge in [-0.2, -0.15) is 0 Å². The minimum absolute atomic E-state index is 0.0794. The molecule has 2 fully saturated rings. The molecule has 0 aliphatic carbocycles. The minimum atomic E-state index is -0.544. The first-order chi connectivity index (χ1) is 8.22. The standard InChI is InChI=1S/C12H23N3O2/c1-17-8-9(13)12(16)14-10-5-7-15-6-3-2-4-11(10)15/h9-11H,2-8,13H2,1H3,(H,14,16). The Hall–Kier alpha value is -0.650. The Labute approximate surface area is 103 Å². The lowest BCUT2D eigenvalue weighted by Gasteiger charge is -2.32. The third kappa shape index (κ3) is 2.97. The van der Waals surface area contributed by atoms with Gasteiger partial charge in [-0.3, -0.25) is 9.69 Å². The maximum Gasteiger partial charge on any atom is 0.239 e. The molecule has 0 radical (unpaired) electrons. The number of nitrogens with zero attached hydrogens (tertiary/aromatic N) is 1. The van der Waals surface area contributed by atoms with Gasteiger partial charge in [-0.05, 0) is 25.8 Å². The van der Waals surface area contributed by atoms with Gasteiger partial charge in [0.1, 0.15) is 6.04 Å². The molecule has 0 aromatic carbocycles. The highest BCUT2D eigenvalue weighted by molar-refractivity contribution is 5.82. The molecule has 5 heteroatoms. The SMILES string of the molecule is COCC(N)C(=O)NC1CCN2CCCCC12. The number of nitrogens with two attached hydrogens (primary N) is 1. The van der Waals surface area contributed by atoms with Gasteiger partial charge in [0.15, 0.2) is 0 Å². The smallest absolute Gasteiger partial charge is 0.239 e. The van der Waals surface area contributed by atoms with Gasteiger partial charge in [0.2, 0.25) is 5.91 Å². The zero-order valence-electron chi connectivity index (χ0n) is 10.5. The number of methoxy groups -OCH3 is 1. The van der Waals surface area contributed by atoms with Gasteiger partial charge >= 0.3 is 0 Å². The van der Waals surface area contributed by atoms with E-state index in [0.29, 0.717) is 6.04 Å². The normalized spacial score (nSPS) is 30.9. The van der Waals surface area contributed by atoms with Crippen molar-refractivity contribution < 1.29 is 9.53 Å². The third-order valence-electron chi connectivity index (χ3n) is 3.87. The van der Waals surface area contributed by atoms with E-state index in [-0.39, 0.29) is 18.6 Å². The van der Waals surface area contributed by atoms with Crippen molar-refractivity contribution in [3.05, 3.63) is 0 Å².